The average Bonchev–Trinajstić information content (AvgIpc) is 3.49. The molecule has 1 aromatic heterocycles. The molecule has 1 fully saturated rings. The van der Waals surface area contributed by atoms with Gasteiger partial charge in [0.25, 0.3) is 0 Å². The molecular formula is C24H29ClF2N4OS. The first-order chi connectivity index (χ1) is 15.7. The first-order valence-electron chi connectivity index (χ1n) is 10.9. The van der Waals surface area contributed by atoms with Gasteiger partial charge >= 0.3 is 0 Å². The van der Waals surface area contributed by atoms with Crippen LogP contribution in [0, 0.1) is 11.7 Å². The van der Waals surface area contributed by atoms with Crippen LogP contribution in [0.2, 0.25) is 0 Å². The van der Waals surface area contributed by atoms with Gasteiger partial charge < -0.3 is 14.6 Å². The Hall–Kier alpha value is -2.16. The summed E-state index contributed by atoms with van der Waals surface area (Å²) in [4.78, 5) is 0. The van der Waals surface area contributed by atoms with E-state index in [2.05, 4.69) is 15.5 Å². The number of benzene rings is 2. The molecule has 0 bridgehead atoms. The Balaban J connectivity index is 0.00000306. The summed E-state index contributed by atoms with van der Waals surface area (Å²) in [6.07, 6.45) is 2.01. The van der Waals surface area contributed by atoms with Crippen molar-refractivity contribution < 1.29 is 13.5 Å². The van der Waals surface area contributed by atoms with Gasteiger partial charge in [-0.25, -0.2) is 8.78 Å². The molecule has 0 spiro atoms. The highest BCUT2D eigenvalue weighted by Crippen LogP contribution is 2.50. The molecule has 33 heavy (non-hydrogen) atoms. The number of hydrogen-bond donors (Lipinski definition) is 1. The van der Waals surface area contributed by atoms with Crippen molar-refractivity contribution in [1.82, 2.24) is 20.1 Å². The molecule has 0 aliphatic heterocycles. The zero-order valence-corrected chi connectivity index (χ0v) is 20.2. The molecule has 178 valence electrons. The van der Waals surface area contributed by atoms with Gasteiger partial charge in [0.1, 0.15) is 24.8 Å². The second-order valence-corrected chi connectivity index (χ2v) is 9.02. The summed E-state index contributed by atoms with van der Waals surface area (Å²) >= 11 is 1.71. The van der Waals surface area contributed by atoms with E-state index in [9.17, 15) is 8.78 Å². The van der Waals surface area contributed by atoms with E-state index in [0.29, 0.717) is 11.7 Å². The number of thioether (sulfide) groups is 1. The van der Waals surface area contributed by atoms with Gasteiger partial charge in [-0.2, -0.15) is 0 Å². The van der Waals surface area contributed by atoms with Gasteiger partial charge in [0, 0.05) is 23.9 Å². The minimum absolute atomic E-state index is 0. The molecule has 9 heteroatoms. The second-order valence-electron chi connectivity index (χ2n) is 7.96. The smallest absolute Gasteiger partial charge is 0.191 e. The van der Waals surface area contributed by atoms with Crippen LogP contribution in [0.15, 0.2) is 53.7 Å². The highest BCUT2D eigenvalue weighted by Gasteiger charge is 2.39. The Morgan fingerprint density at radius 1 is 1.18 bits per heavy atom. The normalized spacial score (nSPS) is 16.9. The standard InChI is InChI=1S/C24H28F2N4OS.ClH/c1-30-23(17-6-3-2-4-7-17)28-29-24(30)32-13-5-11-27-16-18-14-20(18)21-15-19(26)8-9-22(21)31-12-10-25;/h2-4,6-9,15,18,20,27H,5,10-14,16H2,1H3;1H. The van der Waals surface area contributed by atoms with E-state index >= 15 is 0 Å². The summed E-state index contributed by atoms with van der Waals surface area (Å²) in [6.45, 7) is 1.25. The van der Waals surface area contributed by atoms with E-state index in [1.807, 2.05) is 41.9 Å². The number of halogens is 3. The topological polar surface area (TPSA) is 52.0 Å². The number of rotatable bonds is 12. The Bertz CT molecular complexity index is 1020. The molecule has 4 rings (SSSR count). The molecule has 0 radical (unpaired) electrons. The third-order valence-corrected chi connectivity index (χ3v) is 6.74. The molecule has 5 nitrogen and oxygen atoms in total. The van der Waals surface area contributed by atoms with Crippen molar-refractivity contribution in [2.24, 2.45) is 13.0 Å². The number of nitrogens with zero attached hydrogens (tertiary/aromatic N) is 3. The van der Waals surface area contributed by atoms with E-state index in [1.165, 1.54) is 12.1 Å². The van der Waals surface area contributed by atoms with Crippen LogP contribution < -0.4 is 10.1 Å². The predicted molar refractivity (Wildman–Crippen MR) is 131 cm³/mol. The lowest BCUT2D eigenvalue weighted by Gasteiger charge is -2.11. The second kappa shape index (κ2) is 12.3. The fourth-order valence-corrected chi connectivity index (χ4v) is 4.72. The highest BCUT2D eigenvalue weighted by molar-refractivity contribution is 7.99. The zero-order chi connectivity index (χ0) is 22.3. The molecule has 1 aliphatic carbocycles. The lowest BCUT2D eigenvalue weighted by molar-refractivity contribution is 0.270. The zero-order valence-electron chi connectivity index (χ0n) is 18.5. The Labute approximate surface area is 203 Å². The molecule has 2 aromatic carbocycles. The lowest BCUT2D eigenvalue weighted by atomic mass is 10.1. The molecule has 1 N–H and O–H groups in total. The van der Waals surface area contributed by atoms with Crippen molar-refractivity contribution in [3.05, 3.63) is 59.9 Å². The summed E-state index contributed by atoms with van der Waals surface area (Å²) in [7, 11) is 1.99. The Morgan fingerprint density at radius 3 is 2.79 bits per heavy atom. The fraction of sp³-hybridized carbons (Fsp3) is 0.417. The molecule has 3 aromatic rings. The van der Waals surface area contributed by atoms with E-state index < -0.39 is 6.67 Å². The van der Waals surface area contributed by atoms with E-state index in [-0.39, 0.29) is 30.7 Å². The number of nitrogens with one attached hydrogen (secondary N) is 1. The maximum atomic E-state index is 13.7. The molecule has 1 heterocycles. The average molecular weight is 495 g/mol. The van der Waals surface area contributed by atoms with Crippen molar-refractivity contribution in [2.45, 2.75) is 23.9 Å². The Kier molecular flexibility index (Phi) is 9.52. The molecular weight excluding hydrogens is 466 g/mol. The van der Waals surface area contributed by atoms with Crippen LogP contribution in [0.4, 0.5) is 8.78 Å². The van der Waals surface area contributed by atoms with Crippen molar-refractivity contribution in [1.29, 1.82) is 0 Å². The van der Waals surface area contributed by atoms with E-state index in [0.717, 1.165) is 53.8 Å². The van der Waals surface area contributed by atoms with Gasteiger partial charge in [-0.3, -0.25) is 0 Å². The largest absolute Gasteiger partial charge is 0.491 e. The van der Waals surface area contributed by atoms with Gasteiger partial charge in [0.05, 0.1) is 0 Å². The van der Waals surface area contributed by atoms with Gasteiger partial charge in [-0.15, -0.1) is 22.6 Å². The van der Waals surface area contributed by atoms with Crippen LogP contribution in [0.1, 0.15) is 24.3 Å². The van der Waals surface area contributed by atoms with Crippen molar-refractivity contribution in [2.75, 3.05) is 32.1 Å². The van der Waals surface area contributed by atoms with Crippen LogP contribution in [-0.2, 0) is 7.05 Å². The third kappa shape index (κ3) is 6.68. The Morgan fingerprint density at radius 2 is 2.00 bits per heavy atom. The minimum atomic E-state index is -0.549. The predicted octanol–water partition coefficient (Wildman–Crippen LogP) is 5.27. The maximum absolute atomic E-state index is 13.7. The summed E-state index contributed by atoms with van der Waals surface area (Å²) in [5, 5.41) is 13.1. The number of ether oxygens (including phenoxy) is 1. The summed E-state index contributed by atoms with van der Waals surface area (Å²) in [5.41, 5.74) is 1.92. The van der Waals surface area contributed by atoms with Crippen LogP contribution in [0.3, 0.4) is 0 Å². The van der Waals surface area contributed by atoms with Crippen LogP contribution >= 0.6 is 24.2 Å². The maximum Gasteiger partial charge on any atom is 0.191 e. The molecule has 0 amide bonds. The summed E-state index contributed by atoms with van der Waals surface area (Å²) in [6, 6.07) is 14.6. The number of alkyl halides is 1. The quantitative estimate of drug-likeness (QED) is 0.275. The highest BCUT2D eigenvalue weighted by atomic mass is 35.5. The van der Waals surface area contributed by atoms with Gasteiger partial charge in [-0.05, 0) is 56.0 Å². The molecule has 0 saturated heterocycles. The van der Waals surface area contributed by atoms with Gasteiger partial charge in [-0.1, -0.05) is 42.1 Å². The summed E-state index contributed by atoms with van der Waals surface area (Å²) < 4.78 is 33.6. The number of aromatic nitrogens is 3. The minimum Gasteiger partial charge on any atom is -0.491 e. The van der Waals surface area contributed by atoms with Gasteiger partial charge in [0.2, 0.25) is 0 Å². The van der Waals surface area contributed by atoms with Crippen LogP contribution in [-0.4, -0.2) is 46.9 Å². The number of hydrogen-bond acceptors (Lipinski definition) is 5. The monoisotopic (exact) mass is 494 g/mol. The molecule has 1 aliphatic rings. The fourth-order valence-electron chi connectivity index (χ4n) is 3.87. The van der Waals surface area contributed by atoms with Gasteiger partial charge in [0.15, 0.2) is 11.0 Å². The van der Waals surface area contributed by atoms with Crippen molar-refractivity contribution in [3.63, 3.8) is 0 Å². The SMILES string of the molecule is Cl.Cn1c(SCCCNCC2CC2c2cc(F)ccc2OCCF)nnc1-c1ccccc1. The molecule has 2 unspecified atom stereocenters. The molecule has 2 atom stereocenters. The third-order valence-electron chi connectivity index (χ3n) is 5.63. The summed E-state index contributed by atoms with van der Waals surface area (Å²) in [5.74, 6) is 2.89. The van der Waals surface area contributed by atoms with Crippen molar-refractivity contribution in [3.8, 4) is 17.1 Å². The van der Waals surface area contributed by atoms with Crippen LogP contribution in [0.25, 0.3) is 11.4 Å². The first-order valence-corrected chi connectivity index (χ1v) is 11.9. The van der Waals surface area contributed by atoms with E-state index in [4.69, 9.17) is 4.74 Å². The van der Waals surface area contributed by atoms with Crippen molar-refractivity contribution >= 4 is 24.2 Å². The van der Waals surface area contributed by atoms with E-state index in [1.54, 1.807) is 17.8 Å². The lowest BCUT2D eigenvalue weighted by Crippen LogP contribution is -2.19. The molecule has 1 saturated carbocycles. The first kappa shape index (κ1) is 25.5. The van der Waals surface area contributed by atoms with Crippen LogP contribution in [0.5, 0.6) is 5.75 Å².